The molecule has 7 N–H and O–H groups in total. The van der Waals surface area contributed by atoms with E-state index < -0.39 is 70.4 Å². The highest BCUT2D eigenvalue weighted by Gasteiger charge is 2.47. The van der Waals surface area contributed by atoms with Crippen LogP contribution in [0.15, 0.2) is 23.4 Å². The first kappa shape index (κ1) is 26.1. The molecule has 4 unspecified atom stereocenters. The number of carbonyl (C=O) groups excluding carboxylic acids is 2. The van der Waals surface area contributed by atoms with E-state index in [9.17, 15) is 30.0 Å². The number of hydrogen-bond donors (Lipinski definition) is 6. The normalized spacial score (nSPS) is 30.6. The molecule has 2 aromatic carbocycles. The van der Waals surface area contributed by atoms with Crippen LogP contribution in [0, 0.1) is 0 Å². The van der Waals surface area contributed by atoms with Crippen molar-refractivity contribution in [3.8, 4) is 17.2 Å². The summed E-state index contributed by atoms with van der Waals surface area (Å²) < 4.78 is 17.1. The number of carbonyl (C=O) groups is 2. The first-order valence-electron chi connectivity index (χ1n) is 12.0. The molecule has 0 spiro atoms. The highest BCUT2D eigenvalue weighted by atomic mass is 16.7. The molecule has 1 fully saturated rings. The number of nitrogens with two attached hydrogens (primary N) is 1. The van der Waals surface area contributed by atoms with E-state index in [1.807, 2.05) is 0 Å². The highest BCUT2D eigenvalue weighted by Crippen LogP contribution is 2.52. The summed E-state index contributed by atoms with van der Waals surface area (Å²) in [5, 5.41) is 56.2. The average Bonchev–Trinajstić information content (AvgIpc) is 2.87. The summed E-state index contributed by atoms with van der Waals surface area (Å²) in [5.41, 5.74) is 3.20. The van der Waals surface area contributed by atoms with Gasteiger partial charge in [-0.05, 0) is 13.0 Å². The molecular formula is C26H28N2O10. The second-order valence-electron chi connectivity index (χ2n) is 9.90. The molecule has 6 atom stereocenters. The Bertz CT molecular complexity index is 1350. The second kappa shape index (κ2) is 9.33. The van der Waals surface area contributed by atoms with Gasteiger partial charge in [-0.25, -0.2) is 0 Å². The third-order valence-corrected chi connectivity index (χ3v) is 7.47. The molecule has 1 aliphatic heterocycles. The van der Waals surface area contributed by atoms with Gasteiger partial charge < -0.3 is 45.6 Å². The number of fused-ring (bicyclic) bond motifs is 3. The van der Waals surface area contributed by atoms with E-state index in [-0.39, 0.29) is 47.3 Å². The zero-order valence-corrected chi connectivity index (χ0v) is 20.6. The second-order valence-corrected chi connectivity index (χ2v) is 9.90. The average molecular weight is 529 g/mol. The number of rotatable bonds is 4. The van der Waals surface area contributed by atoms with Crippen molar-refractivity contribution in [2.24, 2.45) is 10.9 Å². The Kier molecular flexibility index (Phi) is 6.40. The molecule has 12 heteroatoms. The maximum Gasteiger partial charge on any atom is 0.202 e. The largest absolute Gasteiger partial charge is 0.507 e. The number of methoxy groups -OCH3 is 1. The maximum absolute atomic E-state index is 13.6. The molecule has 0 bridgehead atoms. The lowest BCUT2D eigenvalue weighted by Crippen LogP contribution is -2.52. The fourth-order valence-electron chi connectivity index (χ4n) is 5.62. The molecule has 1 heterocycles. The van der Waals surface area contributed by atoms with Crippen LogP contribution >= 0.6 is 0 Å². The predicted molar refractivity (Wildman–Crippen MR) is 130 cm³/mol. The number of phenolic OH excluding ortho intramolecular Hbond substituents is 2. The number of oxime groups is 1. The summed E-state index contributed by atoms with van der Waals surface area (Å²) in [6.45, 7) is 1.61. The summed E-state index contributed by atoms with van der Waals surface area (Å²) in [6.07, 6.45) is -3.48. The summed E-state index contributed by atoms with van der Waals surface area (Å²) >= 11 is 0. The highest BCUT2D eigenvalue weighted by molar-refractivity contribution is 6.31. The van der Waals surface area contributed by atoms with Gasteiger partial charge in [0.2, 0.25) is 5.78 Å². The summed E-state index contributed by atoms with van der Waals surface area (Å²) in [7, 11) is 1.34. The molecule has 1 saturated heterocycles. The number of ketones is 2. The lowest BCUT2D eigenvalue weighted by molar-refractivity contribution is -0.245. The smallest absolute Gasteiger partial charge is 0.202 e. The van der Waals surface area contributed by atoms with Crippen molar-refractivity contribution in [2.75, 3.05) is 7.11 Å². The topological polar surface area (TPSA) is 201 Å². The minimum Gasteiger partial charge on any atom is -0.507 e. The van der Waals surface area contributed by atoms with Gasteiger partial charge in [0.25, 0.3) is 0 Å². The van der Waals surface area contributed by atoms with Crippen molar-refractivity contribution < 1.29 is 49.4 Å². The van der Waals surface area contributed by atoms with Gasteiger partial charge in [-0.2, -0.15) is 0 Å². The molecule has 202 valence electrons. The summed E-state index contributed by atoms with van der Waals surface area (Å²) in [4.78, 5) is 27.1. The molecule has 0 radical (unpaired) electrons. The number of aliphatic hydroxyl groups is 2. The third-order valence-electron chi connectivity index (χ3n) is 7.47. The summed E-state index contributed by atoms with van der Waals surface area (Å²) in [5.74, 6) is -2.52. The van der Waals surface area contributed by atoms with E-state index in [4.69, 9.17) is 25.2 Å². The van der Waals surface area contributed by atoms with Gasteiger partial charge in [-0.3, -0.25) is 9.59 Å². The Morgan fingerprint density at radius 1 is 1.16 bits per heavy atom. The van der Waals surface area contributed by atoms with Crippen LogP contribution in [0.25, 0.3) is 0 Å². The minimum atomic E-state index is -1.85. The van der Waals surface area contributed by atoms with Crippen LogP contribution in [-0.2, 0) is 15.9 Å². The zero-order chi connectivity index (χ0) is 27.5. The fraction of sp³-hybridized carbons (Fsp3) is 0.423. The van der Waals surface area contributed by atoms with Crippen LogP contribution in [-0.4, -0.2) is 80.7 Å². The van der Waals surface area contributed by atoms with Gasteiger partial charge in [0.15, 0.2) is 12.1 Å². The molecule has 0 amide bonds. The third kappa shape index (κ3) is 3.92. The van der Waals surface area contributed by atoms with Gasteiger partial charge in [0.1, 0.15) is 22.8 Å². The number of hydrogen-bond acceptors (Lipinski definition) is 12. The van der Waals surface area contributed by atoms with E-state index >= 15 is 0 Å². The van der Waals surface area contributed by atoms with Gasteiger partial charge in [-0.15, -0.1) is 0 Å². The van der Waals surface area contributed by atoms with E-state index in [0.717, 1.165) is 6.21 Å². The Morgan fingerprint density at radius 3 is 2.53 bits per heavy atom. The predicted octanol–water partition coefficient (Wildman–Crippen LogP) is 0.900. The van der Waals surface area contributed by atoms with Gasteiger partial charge in [-0.1, -0.05) is 17.3 Å². The lowest BCUT2D eigenvalue weighted by Gasteiger charge is -2.41. The number of benzene rings is 2. The Balaban J connectivity index is 1.68. The summed E-state index contributed by atoms with van der Waals surface area (Å²) in [6, 6.07) is 3.76. The maximum atomic E-state index is 13.6. The van der Waals surface area contributed by atoms with Crippen molar-refractivity contribution >= 4 is 17.8 Å². The molecule has 2 aromatic rings. The Morgan fingerprint density at radius 2 is 1.87 bits per heavy atom. The monoisotopic (exact) mass is 528 g/mol. The van der Waals surface area contributed by atoms with Crippen molar-refractivity contribution in [3.63, 3.8) is 0 Å². The van der Waals surface area contributed by atoms with Gasteiger partial charge >= 0.3 is 0 Å². The fourth-order valence-corrected chi connectivity index (χ4v) is 5.62. The first-order chi connectivity index (χ1) is 18.0. The lowest BCUT2D eigenvalue weighted by atomic mass is 9.73. The molecule has 0 saturated carbocycles. The molecule has 5 rings (SSSR count). The van der Waals surface area contributed by atoms with Gasteiger partial charge in [0, 0.05) is 42.0 Å². The van der Waals surface area contributed by atoms with Crippen molar-refractivity contribution in [1.29, 1.82) is 0 Å². The first-order valence-corrected chi connectivity index (χ1v) is 12.0. The van der Waals surface area contributed by atoms with E-state index in [1.54, 1.807) is 6.92 Å². The molecule has 38 heavy (non-hydrogen) atoms. The van der Waals surface area contributed by atoms with Gasteiger partial charge in [0.05, 0.1) is 48.3 Å². The van der Waals surface area contributed by atoms with E-state index in [1.165, 1.54) is 25.3 Å². The molecule has 3 aliphatic rings. The van der Waals surface area contributed by atoms with Crippen LogP contribution in [0.1, 0.15) is 68.8 Å². The number of nitrogens with zero attached hydrogens (tertiary/aromatic N) is 1. The SMILES string of the molecule is COc1cccc2c1C(=O)c1c(O)c3c(c(O)c1C2=O)C[C@@](O)(/C=N\O)C[C@@H]3OC1CC(N)C(O)C(C)O1. The number of aliphatic hydroxyl groups excluding tert-OH is 1. The quantitative estimate of drug-likeness (QED) is 0.122. The van der Waals surface area contributed by atoms with Crippen molar-refractivity contribution in [1.82, 2.24) is 0 Å². The van der Waals surface area contributed by atoms with E-state index in [0.29, 0.717) is 0 Å². The molecule has 0 aromatic heterocycles. The van der Waals surface area contributed by atoms with E-state index in [2.05, 4.69) is 5.16 Å². The molecule has 2 aliphatic carbocycles. The van der Waals surface area contributed by atoms with Crippen LogP contribution in [0.4, 0.5) is 0 Å². The van der Waals surface area contributed by atoms with Crippen LogP contribution < -0.4 is 10.5 Å². The Hall–Kier alpha value is -3.55. The van der Waals surface area contributed by atoms with Crippen molar-refractivity contribution in [2.45, 2.75) is 62.4 Å². The zero-order valence-electron chi connectivity index (χ0n) is 20.6. The van der Waals surface area contributed by atoms with Crippen LogP contribution in [0.5, 0.6) is 17.2 Å². The Labute approximate surface area is 216 Å². The number of ether oxygens (including phenoxy) is 3. The van der Waals surface area contributed by atoms with Crippen LogP contribution in [0.3, 0.4) is 0 Å². The van der Waals surface area contributed by atoms with Crippen molar-refractivity contribution in [3.05, 3.63) is 51.6 Å². The van der Waals surface area contributed by atoms with Crippen LogP contribution in [0.2, 0.25) is 0 Å². The molecule has 12 nitrogen and oxygen atoms in total. The number of phenols is 2. The molecular weight excluding hydrogens is 500 g/mol. The minimum absolute atomic E-state index is 0.00979. The number of aromatic hydroxyl groups is 2. The standard InChI is InChI=1S/C26H28N2O10/c1-10-21(29)13(27)6-16(37-10)38-15-8-26(34,9-28-35)7-12-18(15)25(33)20-19(23(12)31)22(30)11-4-3-5-14(36-2)17(11)24(20)32/h3-5,9-10,13,15-16,21,29,31,33-35H,6-8,27H2,1-2H3/b28-9-/t10?,13?,15-,16?,21?,26-/m0/s1.